The molecule has 0 saturated carbocycles. The lowest BCUT2D eigenvalue weighted by Gasteiger charge is -2.21. The van der Waals surface area contributed by atoms with Gasteiger partial charge in [-0.15, -0.1) is 0 Å². The second-order valence-electron chi connectivity index (χ2n) is 2.31. The summed E-state index contributed by atoms with van der Waals surface area (Å²) < 4.78 is 0. The van der Waals surface area contributed by atoms with E-state index >= 15 is 0 Å². The SMILES string of the molecule is C=CN=C(C(C)O)N(C=C)CC. The molecule has 0 aromatic carbocycles. The van der Waals surface area contributed by atoms with Crippen LogP contribution in [0.2, 0.25) is 0 Å². The third-order valence-electron chi connectivity index (χ3n) is 1.45. The molecule has 0 aliphatic rings. The van der Waals surface area contributed by atoms with Gasteiger partial charge < -0.3 is 10.0 Å². The van der Waals surface area contributed by atoms with Gasteiger partial charge in [0.05, 0.1) is 0 Å². The van der Waals surface area contributed by atoms with Gasteiger partial charge in [0, 0.05) is 12.7 Å². The first-order valence-corrected chi connectivity index (χ1v) is 3.93. The van der Waals surface area contributed by atoms with E-state index in [1.165, 1.54) is 6.20 Å². The molecule has 0 aliphatic heterocycles. The number of aliphatic hydroxyl groups is 1. The molecule has 1 unspecified atom stereocenters. The molecular formula is C9H16N2O. The van der Waals surface area contributed by atoms with Crippen molar-refractivity contribution in [2.75, 3.05) is 6.54 Å². The van der Waals surface area contributed by atoms with Gasteiger partial charge in [-0.3, -0.25) is 0 Å². The van der Waals surface area contributed by atoms with Crippen molar-refractivity contribution in [3.63, 3.8) is 0 Å². The number of likely N-dealkylation sites (N-methyl/N-ethyl adjacent to an activating group) is 1. The van der Waals surface area contributed by atoms with Crippen LogP contribution in [0.5, 0.6) is 0 Å². The van der Waals surface area contributed by atoms with E-state index < -0.39 is 6.10 Å². The Bertz CT molecular complexity index is 185. The van der Waals surface area contributed by atoms with E-state index in [9.17, 15) is 5.11 Å². The van der Waals surface area contributed by atoms with Crippen LogP contribution in [0.4, 0.5) is 0 Å². The molecule has 0 aliphatic carbocycles. The molecule has 3 nitrogen and oxygen atoms in total. The van der Waals surface area contributed by atoms with Crippen molar-refractivity contribution in [1.82, 2.24) is 4.90 Å². The van der Waals surface area contributed by atoms with Gasteiger partial charge in [0.15, 0.2) is 0 Å². The van der Waals surface area contributed by atoms with Crippen molar-refractivity contribution in [2.45, 2.75) is 20.0 Å². The van der Waals surface area contributed by atoms with Gasteiger partial charge in [-0.1, -0.05) is 13.2 Å². The molecule has 0 spiro atoms. The third-order valence-corrected chi connectivity index (χ3v) is 1.45. The number of rotatable bonds is 4. The summed E-state index contributed by atoms with van der Waals surface area (Å²) >= 11 is 0. The molecule has 1 atom stereocenters. The van der Waals surface area contributed by atoms with Gasteiger partial charge in [0.25, 0.3) is 0 Å². The van der Waals surface area contributed by atoms with E-state index in [0.717, 1.165) is 6.54 Å². The van der Waals surface area contributed by atoms with Gasteiger partial charge in [0.2, 0.25) is 0 Å². The minimum Gasteiger partial charge on any atom is -0.385 e. The normalized spacial score (nSPS) is 13.8. The molecule has 0 amide bonds. The topological polar surface area (TPSA) is 35.8 Å². The van der Waals surface area contributed by atoms with Crippen LogP contribution in [-0.4, -0.2) is 28.5 Å². The Morgan fingerprint density at radius 2 is 2.25 bits per heavy atom. The highest BCUT2D eigenvalue weighted by molar-refractivity contribution is 5.87. The Balaban J connectivity index is 4.58. The summed E-state index contributed by atoms with van der Waals surface area (Å²) in [4.78, 5) is 5.72. The zero-order valence-electron chi connectivity index (χ0n) is 7.70. The molecule has 0 fully saturated rings. The number of hydrogen-bond donors (Lipinski definition) is 1. The Morgan fingerprint density at radius 3 is 2.50 bits per heavy atom. The summed E-state index contributed by atoms with van der Waals surface area (Å²) in [6.45, 7) is 11.5. The highest BCUT2D eigenvalue weighted by Gasteiger charge is 2.10. The largest absolute Gasteiger partial charge is 0.385 e. The third kappa shape index (κ3) is 2.88. The van der Waals surface area contributed by atoms with E-state index in [0.29, 0.717) is 5.84 Å². The molecule has 0 saturated heterocycles. The number of amidine groups is 1. The van der Waals surface area contributed by atoms with Crippen LogP contribution in [0.1, 0.15) is 13.8 Å². The molecule has 68 valence electrons. The summed E-state index contributed by atoms with van der Waals surface area (Å²) in [5, 5.41) is 9.31. The fourth-order valence-electron chi connectivity index (χ4n) is 0.900. The number of aliphatic imine (C=N–C) groups is 1. The Hall–Kier alpha value is -1.09. The van der Waals surface area contributed by atoms with Crippen LogP contribution in [0.25, 0.3) is 0 Å². The van der Waals surface area contributed by atoms with Crippen molar-refractivity contribution in [2.24, 2.45) is 4.99 Å². The molecule has 12 heavy (non-hydrogen) atoms. The van der Waals surface area contributed by atoms with E-state index in [1.54, 1.807) is 18.0 Å². The van der Waals surface area contributed by atoms with Crippen LogP contribution in [0.15, 0.2) is 30.6 Å². The quantitative estimate of drug-likeness (QED) is 0.508. The lowest BCUT2D eigenvalue weighted by Crippen LogP contribution is -2.33. The predicted octanol–water partition coefficient (Wildman–Crippen LogP) is 1.37. The number of nitrogens with zero attached hydrogens (tertiary/aromatic N) is 2. The standard InChI is InChI=1S/C9H16N2O/c1-5-10-9(8(4)12)11(6-2)7-3/h5-6,8,12H,1-2,7H2,3-4H3. The van der Waals surface area contributed by atoms with Gasteiger partial charge in [-0.25, -0.2) is 4.99 Å². The maximum atomic E-state index is 9.31. The second kappa shape index (κ2) is 5.55. The highest BCUT2D eigenvalue weighted by Crippen LogP contribution is 1.98. The first kappa shape index (κ1) is 10.9. The molecule has 0 heterocycles. The second-order valence-corrected chi connectivity index (χ2v) is 2.31. The van der Waals surface area contributed by atoms with E-state index in [4.69, 9.17) is 0 Å². The van der Waals surface area contributed by atoms with Crippen LogP contribution >= 0.6 is 0 Å². The lowest BCUT2D eigenvalue weighted by molar-refractivity contribution is 0.247. The van der Waals surface area contributed by atoms with Crippen LogP contribution < -0.4 is 0 Å². The smallest absolute Gasteiger partial charge is 0.137 e. The molecule has 0 radical (unpaired) electrons. The fraction of sp³-hybridized carbons (Fsp3) is 0.444. The van der Waals surface area contributed by atoms with Crippen molar-refractivity contribution in [3.05, 3.63) is 25.6 Å². The molecule has 0 bridgehead atoms. The Morgan fingerprint density at radius 1 is 1.67 bits per heavy atom. The number of hydrogen-bond acceptors (Lipinski definition) is 2. The van der Waals surface area contributed by atoms with Crippen LogP contribution in [-0.2, 0) is 0 Å². The molecule has 0 rings (SSSR count). The number of aliphatic hydroxyl groups excluding tert-OH is 1. The van der Waals surface area contributed by atoms with Crippen LogP contribution in [0.3, 0.4) is 0 Å². The molecule has 3 heteroatoms. The summed E-state index contributed by atoms with van der Waals surface area (Å²) in [5.41, 5.74) is 0. The monoisotopic (exact) mass is 168 g/mol. The van der Waals surface area contributed by atoms with Gasteiger partial charge in [-0.2, -0.15) is 0 Å². The summed E-state index contributed by atoms with van der Waals surface area (Å²) in [6, 6.07) is 0. The zero-order chi connectivity index (χ0) is 9.56. The van der Waals surface area contributed by atoms with Gasteiger partial charge >= 0.3 is 0 Å². The van der Waals surface area contributed by atoms with Crippen LogP contribution in [0, 0.1) is 0 Å². The predicted molar refractivity (Wildman–Crippen MR) is 51.9 cm³/mol. The van der Waals surface area contributed by atoms with E-state index in [1.807, 2.05) is 6.92 Å². The minimum absolute atomic E-state index is 0.572. The molecular weight excluding hydrogens is 152 g/mol. The summed E-state index contributed by atoms with van der Waals surface area (Å²) in [5.74, 6) is 0.572. The Labute approximate surface area is 73.7 Å². The lowest BCUT2D eigenvalue weighted by atomic mass is 10.3. The molecule has 1 N–H and O–H groups in total. The Kier molecular flexibility index (Phi) is 5.04. The average molecular weight is 168 g/mol. The van der Waals surface area contributed by atoms with E-state index in [2.05, 4.69) is 18.2 Å². The first-order chi connectivity index (χ1) is 5.67. The van der Waals surface area contributed by atoms with Crippen molar-refractivity contribution in [3.8, 4) is 0 Å². The summed E-state index contributed by atoms with van der Waals surface area (Å²) in [6.07, 6.45) is 2.45. The maximum absolute atomic E-state index is 9.31. The first-order valence-electron chi connectivity index (χ1n) is 3.93. The fourth-order valence-corrected chi connectivity index (χ4v) is 0.900. The summed E-state index contributed by atoms with van der Waals surface area (Å²) in [7, 11) is 0. The average Bonchev–Trinajstić information content (AvgIpc) is 2.05. The highest BCUT2D eigenvalue weighted by atomic mass is 16.3. The zero-order valence-corrected chi connectivity index (χ0v) is 7.70. The minimum atomic E-state index is -0.596. The maximum Gasteiger partial charge on any atom is 0.137 e. The van der Waals surface area contributed by atoms with Gasteiger partial charge in [-0.05, 0) is 20.0 Å². The van der Waals surface area contributed by atoms with Crippen molar-refractivity contribution < 1.29 is 5.11 Å². The van der Waals surface area contributed by atoms with Crippen molar-refractivity contribution in [1.29, 1.82) is 0 Å². The van der Waals surface area contributed by atoms with Crippen molar-refractivity contribution >= 4 is 5.84 Å². The van der Waals surface area contributed by atoms with E-state index in [-0.39, 0.29) is 0 Å². The van der Waals surface area contributed by atoms with Gasteiger partial charge in [0.1, 0.15) is 11.9 Å². The molecule has 0 aromatic heterocycles. The molecule has 0 aromatic rings.